The molecule has 2 fully saturated rings. The molecule has 30 heavy (non-hydrogen) atoms. The fourth-order valence-electron chi connectivity index (χ4n) is 4.73. The van der Waals surface area contributed by atoms with Crippen molar-refractivity contribution in [2.75, 3.05) is 26.2 Å². The van der Waals surface area contributed by atoms with E-state index in [1.54, 1.807) is 0 Å². The van der Waals surface area contributed by atoms with Crippen LogP contribution < -0.4 is 0 Å². The van der Waals surface area contributed by atoms with Crippen molar-refractivity contribution in [1.29, 1.82) is 0 Å². The van der Waals surface area contributed by atoms with Crippen LogP contribution in [0.15, 0.2) is 54.6 Å². The van der Waals surface area contributed by atoms with E-state index in [-0.39, 0.29) is 17.7 Å². The molecular weight excluding hydrogens is 396 g/mol. The quantitative estimate of drug-likeness (QED) is 0.723. The molecule has 2 heterocycles. The lowest BCUT2D eigenvalue weighted by Gasteiger charge is -2.37. The minimum absolute atomic E-state index is 0.0495. The molecule has 4 nitrogen and oxygen atoms in total. The van der Waals surface area contributed by atoms with Gasteiger partial charge in [-0.1, -0.05) is 54.1 Å². The third-order valence-corrected chi connectivity index (χ3v) is 6.75. The maximum atomic E-state index is 13.0. The highest BCUT2D eigenvalue weighted by atomic mass is 35.5. The second kappa shape index (κ2) is 9.65. The molecule has 0 aliphatic carbocycles. The summed E-state index contributed by atoms with van der Waals surface area (Å²) in [5.41, 5.74) is 2.32. The van der Waals surface area contributed by atoms with Gasteiger partial charge >= 0.3 is 0 Å². The molecule has 4 rings (SSSR count). The number of benzene rings is 2. The Balaban J connectivity index is 1.24. The summed E-state index contributed by atoms with van der Waals surface area (Å²) in [5.74, 6) is 1.00. The molecule has 0 spiro atoms. The molecule has 2 aromatic rings. The Morgan fingerprint density at radius 3 is 2.17 bits per heavy atom. The Morgan fingerprint density at radius 1 is 0.833 bits per heavy atom. The van der Waals surface area contributed by atoms with Crippen LogP contribution in [0.4, 0.5) is 0 Å². The summed E-state index contributed by atoms with van der Waals surface area (Å²) >= 11 is 6.02. The first-order valence-electron chi connectivity index (χ1n) is 11.0. The fraction of sp³-hybridized carbons (Fsp3) is 0.440. The van der Waals surface area contributed by atoms with Crippen molar-refractivity contribution < 1.29 is 9.59 Å². The number of amides is 2. The lowest BCUT2D eigenvalue weighted by atomic mass is 9.88. The summed E-state index contributed by atoms with van der Waals surface area (Å²) in [6.07, 6.45) is 3.96. The number of halogens is 1. The van der Waals surface area contributed by atoms with Crippen molar-refractivity contribution in [2.24, 2.45) is 5.92 Å². The maximum Gasteiger partial charge on any atom is 0.226 e. The molecule has 0 atom stereocenters. The van der Waals surface area contributed by atoms with Gasteiger partial charge in [0.2, 0.25) is 11.8 Å². The summed E-state index contributed by atoms with van der Waals surface area (Å²) < 4.78 is 0. The maximum absolute atomic E-state index is 13.0. The van der Waals surface area contributed by atoms with Gasteiger partial charge in [0.1, 0.15) is 0 Å². The van der Waals surface area contributed by atoms with Gasteiger partial charge in [0.05, 0.1) is 6.42 Å². The highest BCUT2D eigenvalue weighted by Crippen LogP contribution is 2.30. The van der Waals surface area contributed by atoms with Crippen LogP contribution in [0.1, 0.15) is 42.7 Å². The van der Waals surface area contributed by atoms with Crippen molar-refractivity contribution in [1.82, 2.24) is 9.80 Å². The first kappa shape index (κ1) is 20.9. The second-order valence-corrected chi connectivity index (χ2v) is 8.91. The largest absolute Gasteiger partial charge is 0.342 e. The zero-order valence-electron chi connectivity index (χ0n) is 17.3. The van der Waals surface area contributed by atoms with Gasteiger partial charge in [-0.25, -0.2) is 0 Å². The van der Waals surface area contributed by atoms with E-state index < -0.39 is 0 Å². The van der Waals surface area contributed by atoms with Crippen molar-refractivity contribution in [3.63, 3.8) is 0 Å². The third-order valence-electron chi connectivity index (χ3n) is 6.52. The Labute approximate surface area is 183 Å². The normalized spacial score (nSPS) is 18.4. The lowest BCUT2D eigenvalue weighted by Crippen LogP contribution is -2.46. The molecule has 0 N–H and O–H groups in total. The molecule has 0 aromatic heterocycles. The van der Waals surface area contributed by atoms with Crippen molar-refractivity contribution in [3.8, 4) is 0 Å². The van der Waals surface area contributed by atoms with E-state index in [4.69, 9.17) is 11.6 Å². The number of carbonyl (C=O) groups is 2. The van der Waals surface area contributed by atoms with Crippen LogP contribution in [0.2, 0.25) is 5.02 Å². The van der Waals surface area contributed by atoms with Gasteiger partial charge in [0, 0.05) is 37.1 Å². The Bertz CT molecular complexity index is 870. The monoisotopic (exact) mass is 424 g/mol. The van der Waals surface area contributed by atoms with E-state index in [0.29, 0.717) is 30.5 Å². The predicted molar refractivity (Wildman–Crippen MR) is 119 cm³/mol. The molecule has 0 bridgehead atoms. The van der Waals surface area contributed by atoms with Crippen LogP contribution in [-0.4, -0.2) is 47.8 Å². The van der Waals surface area contributed by atoms with Gasteiger partial charge < -0.3 is 9.80 Å². The van der Waals surface area contributed by atoms with Crippen molar-refractivity contribution >= 4 is 23.4 Å². The molecule has 2 aliphatic heterocycles. The SMILES string of the molecule is O=C(Cc1cccc(Cl)c1)N1CCC(C(=O)N2CCC(c3ccccc3)CC2)CC1. The van der Waals surface area contributed by atoms with Crippen LogP contribution in [0.25, 0.3) is 0 Å². The lowest BCUT2D eigenvalue weighted by molar-refractivity contribution is -0.141. The van der Waals surface area contributed by atoms with Crippen LogP contribution in [0, 0.1) is 5.92 Å². The topological polar surface area (TPSA) is 40.6 Å². The Morgan fingerprint density at radius 2 is 1.50 bits per heavy atom. The van der Waals surface area contributed by atoms with Gasteiger partial charge in [-0.05, 0) is 54.9 Å². The molecule has 2 aliphatic rings. The van der Waals surface area contributed by atoms with Crippen LogP contribution in [0.3, 0.4) is 0 Å². The summed E-state index contributed by atoms with van der Waals surface area (Å²) in [7, 11) is 0. The molecule has 0 saturated carbocycles. The van der Waals surface area contributed by atoms with Gasteiger partial charge in [0.15, 0.2) is 0 Å². The number of hydrogen-bond donors (Lipinski definition) is 0. The second-order valence-electron chi connectivity index (χ2n) is 8.47. The van der Waals surface area contributed by atoms with E-state index in [1.165, 1.54) is 5.56 Å². The van der Waals surface area contributed by atoms with Gasteiger partial charge in [-0.15, -0.1) is 0 Å². The zero-order valence-corrected chi connectivity index (χ0v) is 18.1. The Hall–Kier alpha value is -2.33. The van der Waals surface area contributed by atoms with E-state index in [0.717, 1.165) is 44.3 Å². The highest BCUT2D eigenvalue weighted by Gasteiger charge is 2.32. The summed E-state index contributed by atoms with van der Waals surface area (Å²) in [6, 6.07) is 18.1. The predicted octanol–water partition coefficient (Wildman–Crippen LogP) is 4.53. The average Bonchev–Trinajstić information content (AvgIpc) is 2.79. The van der Waals surface area contributed by atoms with E-state index in [1.807, 2.05) is 40.1 Å². The minimum Gasteiger partial charge on any atom is -0.342 e. The molecule has 0 radical (unpaired) electrons. The molecular formula is C25H29ClN2O2. The first-order valence-corrected chi connectivity index (χ1v) is 11.3. The summed E-state index contributed by atoms with van der Waals surface area (Å²) in [5, 5.41) is 0.653. The van der Waals surface area contributed by atoms with Crippen molar-refractivity contribution in [3.05, 3.63) is 70.7 Å². The number of nitrogens with zero attached hydrogens (tertiary/aromatic N) is 2. The highest BCUT2D eigenvalue weighted by molar-refractivity contribution is 6.30. The van der Waals surface area contributed by atoms with E-state index >= 15 is 0 Å². The number of likely N-dealkylation sites (tertiary alicyclic amines) is 2. The molecule has 2 saturated heterocycles. The van der Waals surface area contributed by atoms with Crippen LogP contribution in [0.5, 0.6) is 0 Å². The number of piperidine rings is 2. The third kappa shape index (κ3) is 5.04. The van der Waals surface area contributed by atoms with Crippen molar-refractivity contribution in [2.45, 2.75) is 38.0 Å². The molecule has 5 heteroatoms. The van der Waals surface area contributed by atoms with Crippen LogP contribution >= 0.6 is 11.6 Å². The first-order chi connectivity index (χ1) is 14.6. The standard InChI is InChI=1S/C25H29ClN2O2/c26-23-8-4-5-19(17-23)18-24(29)27-13-11-22(12-14-27)25(30)28-15-9-21(10-16-28)20-6-2-1-3-7-20/h1-8,17,21-22H,9-16,18H2. The summed E-state index contributed by atoms with van der Waals surface area (Å²) in [4.78, 5) is 29.6. The summed E-state index contributed by atoms with van der Waals surface area (Å²) in [6.45, 7) is 3.01. The zero-order chi connectivity index (χ0) is 20.9. The fourth-order valence-corrected chi connectivity index (χ4v) is 4.94. The smallest absolute Gasteiger partial charge is 0.226 e. The Kier molecular flexibility index (Phi) is 6.73. The van der Waals surface area contributed by atoms with Crippen LogP contribution in [-0.2, 0) is 16.0 Å². The molecule has 0 unspecified atom stereocenters. The van der Waals surface area contributed by atoms with E-state index in [2.05, 4.69) is 24.3 Å². The number of hydrogen-bond acceptors (Lipinski definition) is 2. The molecule has 158 valence electrons. The van der Waals surface area contributed by atoms with Gasteiger partial charge in [-0.2, -0.15) is 0 Å². The molecule has 2 amide bonds. The van der Waals surface area contributed by atoms with Gasteiger partial charge in [0.25, 0.3) is 0 Å². The minimum atomic E-state index is 0.0495. The number of carbonyl (C=O) groups excluding carboxylic acids is 2. The molecule has 2 aromatic carbocycles. The number of rotatable bonds is 4. The average molecular weight is 425 g/mol. The van der Waals surface area contributed by atoms with Gasteiger partial charge in [-0.3, -0.25) is 9.59 Å². The van der Waals surface area contributed by atoms with E-state index in [9.17, 15) is 9.59 Å².